The summed E-state index contributed by atoms with van der Waals surface area (Å²) < 4.78 is 10.6. The van der Waals surface area contributed by atoms with E-state index in [1.807, 2.05) is 55.5 Å². The predicted molar refractivity (Wildman–Crippen MR) is 115 cm³/mol. The van der Waals surface area contributed by atoms with Crippen molar-refractivity contribution >= 4 is 18.1 Å². The molecule has 3 aromatic rings. The molecule has 0 bridgehead atoms. The van der Waals surface area contributed by atoms with Gasteiger partial charge in [-0.1, -0.05) is 42.0 Å². The number of hydrogen-bond donors (Lipinski definition) is 1. The Kier molecular flexibility index (Phi) is 6.95. The average Bonchev–Trinajstić information content (AvgIpc) is 2.78. The number of nitrogens with zero attached hydrogens (tertiary/aromatic N) is 1. The zero-order valence-electron chi connectivity index (χ0n) is 16.8. The fourth-order valence-electron chi connectivity index (χ4n) is 2.66. The van der Waals surface area contributed by atoms with Gasteiger partial charge in [0.25, 0.3) is 5.91 Å². The molecule has 0 aliphatic heterocycles. The van der Waals surface area contributed by atoms with Crippen molar-refractivity contribution in [2.24, 2.45) is 5.10 Å². The first-order valence-corrected chi connectivity index (χ1v) is 9.36. The van der Waals surface area contributed by atoms with Crippen molar-refractivity contribution in [3.8, 4) is 5.75 Å². The van der Waals surface area contributed by atoms with Gasteiger partial charge in [-0.2, -0.15) is 5.10 Å². The van der Waals surface area contributed by atoms with Gasteiger partial charge in [-0.05, 0) is 48.9 Å². The maximum absolute atomic E-state index is 12.1. The van der Waals surface area contributed by atoms with Crippen LogP contribution in [-0.4, -0.2) is 25.2 Å². The van der Waals surface area contributed by atoms with Crippen LogP contribution in [0.5, 0.6) is 5.75 Å². The van der Waals surface area contributed by atoms with Crippen LogP contribution < -0.4 is 10.2 Å². The van der Waals surface area contributed by atoms with Crippen LogP contribution in [0.3, 0.4) is 0 Å². The number of para-hydroxylation sites is 1. The van der Waals surface area contributed by atoms with Gasteiger partial charge in [0, 0.05) is 11.1 Å². The SMILES string of the molecule is COC(=O)c1ccc(COc2ccccc2/C=N\NC(=O)c2ccc(C)cc2)cc1. The molecule has 0 saturated heterocycles. The Bertz CT molecular complexity index is 1040. The van der Waals surface area contributed by atoms with Crippen molar-refractivity contribution in [2.45, 2.75) is 13.5 Å². The number of carbonyl (C=O) groups is 2. The second kappa shape index (κ2) is 10.0. The molecule has 0 atom stereocenters. The van der Waals surface area contributed by atoms with Gasteiger partial charge < -0.3 is 9.47 Å². The molecule has 0 radical (unpaired) electrons. The van der Waals surface area contributed by atoms with Crippen LogP contribution in [-0.2, 0) is 11.3 Å². The van der Waals surface area contributed by atoms with Gasteiger partial charge in [-0.3, -0.25) is 4.79 Å². The summed E-state index contributed by atoms with van der Waals surface area (Å²) in [6, 6.07) is 21.7. The van der Waals surface area contributed by atoms with Crippen LogP contribution in [0.4, 0.5) is 0 Å². The maximum atomic E-state index is 12.1. The Labute approximate surface area is 175 Å². The molecule has 0 aromatic heterocycles. The highest BCUT2D eigenvalue weighted by molar-refractivity contribution is 5.95. The molecule has 0 saturated carbocycles. The molecular formula is C24H22N2O4. The zero-order chi connectivity index (χ0) is 21.3. The van der Waals surface area contributed by atoms with Gasteiger partial charge >= 0.3 is 5.97 Å². The second-order valence-electron chi connectivity index (χ2n) is 6.58. The van der Waals surface area contributed by atoms with Crippen LogP contribution in [0.25, 0.3) is 0 Å². The topological polar surface area (TPSA) is 77.0 Å². The molecule has 0 aliphatic rings. The summed E-state index contributed by atoms with van der Waals surface area (Å²) in [7, 11) is 1.35. The second-order valence-corrected chi connectivity index (χ2v) is 6.58. The summed E-state index contributed by atoms with van der Waals surface area (Å²) in [5.41, 5.74) is 6.26. The highest BCUT2D eigenvalue weighted by Crippen LogP contribution is 2.18. The van der Waals surface area contributed by atoms with E-state index in [9.17, 15) is 9.59 Å². The summed E-state index contributed by atoms with van der Waals surface area (Å²) in [5.74, 6) is -0.0325. The van der Waals surface area contributed by atoms with Gasteiger partial charge in [-0.25, -0.2) is 10.2 Å². The number of amides is 1. The summed E-state index contributed by atoms with van der Waals surface area (Å²) in [6.45, 7) is 2.28. The van der Waals surface area contributed by atoms with Gasteiger partial charge in [0.05, 0.1) is 18.9 Å². The van der Waals surface area contributed by atoms with E-state index in [-0.39, 0.29) is 11.9 Å². The highest BCUT2D eigenvalue weighted by atomic mass is 16.5. The van der Waals surface area contributed by atoms with E-state index in [4.69, 9.17) is 9.47 Å². The third kappa shape index (κ3) is 5.54. The Hall–Kier alpha value is -3.93. The molecule has 3 aromatic carbocycles. The van der Waals surface area contributed by atoms with Gasteiger partial charge in [0.2, 0.25) is 0 Å². The van der Waals surface area contributed by atoms with Crippen molar-refractivity contribution in [3.63, 3.8) is 0 Å². The Balaban J connectivity index is 1.61. The first kappa shape index (κ1) is 20.8. The summed E-state index contributed by atoms with van der Waals surface area (Å²) in [6.07, 6.45) is 1.54. The first-order valence-electron chi connectivity index (χ1n) is 9.36. The normalized spacial score (nSPS) is 10.6. The number of benzene rings is 3. The van der Waals surface area contributed by atoms with Gasteiger partial charge in [0.1, 0.15) is 12.4 Å². The zero-order valence-corrected chi connectivity index (χ0v) is 16.8. The third-order valence-corrected chi connectivity index (χ3v) is 4.37. The van der Waals surface area contributed by atoms with Crippen LogP contribution in [0.1, 0.15) is 37.4 Å². The van der Waals surface area contributed by atoms with E-state index in [0.29, 0.717) is 23.5 Å². The minimum Gasteiger partial charge on any atom is -0.488 e. The molecule has 0 unspecified atom stereocenters. The lowest BCUT2D eigenvalue weighted by Gasteiger charge is -2.09. The lowest BCUT2D eigenvalue weighted by molar-refractivity contribution is 0.0600. The number of nitrogens with one attached hydrogen (secondary N) is 1. The number of methoxy groups -OCH3 is 1. The van der Waals surface area contributed by atoms with Crippen LogP contribution in [0, 0.1) is 6.92 Å². The number of hydrogen-bond acceptors (Lipinski definition) is 5. The molecule has 0 aliphatic carbocycles. The highest BCUT2D eigenvalue weighted by Gasteiger charge is 2.06. The van der Waals surface area contributed by atoms with E-state index in [1.165, 1.54) is 7.11 Å². The van der Waals surface area contributed by atoms with Crippen LogP contribution in [0.15, 0.2) is 77.9 Å². The smallest absolute Gasteiger partial charge is 0.337 e. The number of hydrazone groups is 1. The molecule has 0 spiro atoms. The molecule has 0 heterocycles. The summed E-state index contributed by atoms with van der Waals surface area (Å²) >= 11 is 0. The maximum Gasteiger partial charge on any atom is 0.337 e. The molecule has 152 valence electrons. The quantitative estimate of drug-likeness (QED) is 0.366. The lowest BCUT2D eigenvalue weighted by Crippen LogP contribution is -2.17. The number of esters is 1. The minimum atomic E-state index is -0.378. The lowest BCUT2D eigenvalue weighted by atomic mass is 10.1. The summed E-state index contributed by atoms with van der Waals surface area (Å²) in [5, 5.41) is 4.04. The van der Waals surface area contributed by atoms with Crippen molar-refractivity contribution < 1.29 is 19.1 Å². The van der Waals surface area contributed by atoms with E-state index in [0.717, 1.165) is 16.7 Å². The number of ether oxygens (including phenoxy) is 2. The minimum absolute atomic E-state index is 0.282. The number of aryl methyl sites for hydroxylation is 1. The van der Waals surface area contributed by atoms with Crippen molar-refractivity contribution in [3.05, 3.63) is 101 Å². The number of rotatable bonds is 7. The largest absolute Gasteiger partial charge is 0.488 e. The molecule has 3 rings (SSSR count). The molecule has 30 heavy (non-hydrogen) atoms. The van der Waals surface area contributed by atoms with E-state index >= 15 is 0 Å². The summed E-state index contributed by atoms with van der Waals surface area (Å²) in [4.78, 5) is 23.7. The third-order valence-electron chi connectivity index (χ3n) is 4.37. The van der Waals surface area contributed by atoms with Crippen LogP contribution >= 0.6 is 0 Å². The van der Waals surface area contributed by atoms with E-state index < -0.39 is 0 Å². The molecule has 1 amide bonds. The molecule has 6 nitrogen and oxygen atoms in total. The predicted octanol–water partition coefficient (Wildman–Crippen LogP) is 4.12. The van der Waals surface area contributed by atoms with Crippen molar-refractivity contribution in [1.82, 2.24) is 5.43 Å². The Morgan fingerprint density at radius 3 is 2.30 bits per heavy atom. The molecule has 1 N–H and O–H groups in total. The van der Waals surface area contributed by atoms with Crippen LogP contribution in [0.2, 0.25) is 0 Å². The van der Waals surface area contributed by atoms with Gasteiger partial charge in [0.15, 0.2) is 0 Å². The Morgan fingerprint density at radius 2 is 1.60 bits per heavy atom. The standard InChI is InChI=1S/C24H22N2O4/c1-17-7-11-19(12-8-17)23(27)26-25-15-21-5-3-4-6-22(21)30-16-18-9-13-20(14-10-18)24(28)29-2/h3-15H,16H2,1-2H3,(H,26,27)/b25-15-. The Morgan fingerprint density at radius 1 is 0.933 bits per heavy atom. The van der Waals surface area contributed by atoms with E-state index in [2.05, 4.69) is 10.5 Å². The fraction of sp³-hybridized carbons (Fsp3) is 0.125. The van der Waals surface area contributed by atoms with Gasteiger partial charge in [-0.15, -0.1) is 0 Å². The number of carbonyl (C=O) groups excluding carboxylic acids is 2. The van der Waals surface area contributed by atoms with Crippen molar-refractivity contribution in [1.29, 1.82) is 0 Å². The average molecular weight is 402 g/mol. The van der Waals surface area contributed by atoms with E-state index in [1.54, 1.807) is 30.5 Å². The fourth-order valence-corrected chi connectivity index (χ4v) is 2.66. The molecule has 6 heteroatoms. The monoisotopic (exact) mass is 402 g/mol. The first-order chi connectivity index (χ1) is 14.6. The molecule has 0 fully saturated rings. The molecular weight excluding hydrogens is 380 g/mol. The van der Waals surface area contributed by atoms with Crippen molar-refractivity contribution in [2.75, 3.05) is 7.11 Å².